The van der Waals surface area contributed by atoms with Gasteiger partial charge in [-0.3, -0.25) is 9.59 Å². The summed E-state index contributed by atoms with van der Waals surface area (Å²) in [7, 11) is 0. The summed E-state index contributed by atoms with van der Waals surface area (Å²) >= 11 is 3.44. The van der Waals surface area contributed by atoms with Crippen molar-refractivity contribution in [1.29, 1.82) is 0 Å². The van der Waals surface area contributed by atoms with Gasteiger partial charge in [-0.1, -0.05) is 15.9 Å². The van der Waals surface area contributed by atoms with Crippen molar-refractivity contribution in [3.63, 3.8) is 0 Å². The molecule has 1 atom stereocenters. The third-order valence-electron chi connectivity index (χ3n) is 3.35. The van der Waals surface area contributed by atoms with E-state index >= 15 is 0 Å². The minimum absolute atomic E-state index is 0.152. The maximum absolute atomic E-state index is 12.4. The number of aromatic nitrogens is 1. The van der Waals surface area contributed by atoms with E-state index in [1.54, 1.807) is 6.92 Å². The molecule has 1 fully saturated rings. The minimum Gasteiger partial charge on any atom is -0.364 e. The molecule has 5 heteroatoms. The summed E-state index contributed by atoms with van der Waals surface area (Å²) in [4.78, 5) is 29.0. The number of amides is 1. The van der Waals surface area contributed by atoms with Gasteiger partial charge in [0.05, 0.1) is 0 Å². The highest BCUT2D eigenvalue weighted by Crippen LogP contribution is 2.20. The molecule has 1 aliphatic heterocycles. The maximum atomic E-state index is 12.4. The third-order valence-corrected chi connectivity index (χ3v) is 4.10. The molecule has 1 N–H and O–H groups in total. The van der Waals surface area contributed by atoms with Gasteiger partial charge in [-0.2, -0.15) is 0 Å². The lowest BCUT2D eigenvalue weighted by Crippen LogP contribution is -2.46. The van der Waals surface area contributed by atoms with Crippen molar-refractivity contribution in [3.8, 4) is 0 Å². The molecule has 0 bridgehead atoms. The number of carbonyl (C=O) groups excluding carboxylic acids is 1. The fourth-order valence-corrected chi connectivity index (χ4v) is 3.00. The largest absolute Gasteiger partial charge is 0.364 e. The molecule has 0 spiro atoms. The van der Waals surface area contributed by atoms with E-state index in [-0.39, 0.29) is 22.9 Å². The first-order valence-electron chi connectivity index (χ1n) is 6.19. The van der Waals surface area contributed by atoms with Crippen LogP contribution in [-0.2, 0) is 0 Å². The number of nitrogens with zero attached hydrogens (tertiary/aromatic N) is 1. The Balaban J connectivity index is 2.27. The number of rotatable bonds is 2. The Bertz CT molecular complexity index is 498. The molecule has 0 aromatic carbocycles. The number of hydrogen-bond donors (Lipinski definition) is 1. The van der Waals surface area contributed by atoms with Gasteiger partial charge in [0.2, 0.25) is 0 Å². The lowest BCUT2D eigenvalue weighted by atomic mass is 10.0. The van der Waals surface area contributed by atoms with Crippen molar-refractivity contribution in [2.75, 3.05) is 11.9 Å². The summed E-state index contributed by atoms with van der Waals surface area (Å²) in [6, 6.07) is 1.67. The number of piperidine rings is 1. The molecule has 0 radical (unpaired) electrons. The number of aromatic amines is 1. The molecule has 1 saturated heterocycles. The number of aryl methyl sites for hydroxylation is 1. The second-order valence-electron chi connectivity index (χ2n) is 4.70. The zero-order valence-corrected chi connectivity index (χ0v) is 12.0. The first-order valence-corrected chi connectivity index (χ1v) is 7.32. The van der Waals surface area contributed by atoms with Crippen molar-refractivity contribution in [1.82, 2.24) is 9.88 Å². The fourth-order valence-electron chi connectivity index (χ4n) is 2.32. The number of halogens is 1. The van der Waals surface area contributed by atoms with Crippen LogP contribution in [0.3, 0.4) is 0 Å². The molecule has 1 amide bonds. The summed E-state index contributed by atoms with van der Waals surface area (Å²) in [5.74, 6) is -0.152. The molecule has 0 aliphatic carbocycles. The average molecular weight is 313 g/mol. The quantitative estimate of drug-likeness (QED) is 0.850. The van der Waals surface area contributed by atoms with Crippen LogP contribution >= 0.6 is 15.9 Å². The molecule has 1 aromatic heterocycles. The van der Waals surface area contributed by atoms with E-state index in [2.05, 4.69) is 20.9 Å². The predicted molar refractivity (Wildman–Crippen MR) is 74.3 cm³/mol. The standard InChI is InChI=1S/C13H17BrN2O2/c1-9-6-12(17)11(8-15-9)13(18)16-5-3-2-4-10(16)7-14/h6,8,10H,2-5,7H2,1H3,(H,15,17). The zero-order valence-electron chi connectivity index (χ0n) is 10.4. The number of pyridine rings is 1. The fraction of sp³-hybridized carbons (Fsp3) is 0.538. The van der Waals surface area contributed by atoms with Crippen LogP contribution in [0.5, 0.6) is 0 Å². The van der Waals surface area contributed by atoms with Crippen LogP contribution in [0.25, 0.3) is 0 Å². The van der Waals surface area contributed by atoms with Gasteiger partial charge in [-0.05, 0) is 26.2 Å². The van der Waals surface area contributed by atoms with Crippen LogP contribution in [0, 0.1) is 6.92 Å². The van der Waals surface area contributed by atoms with E-state index in [4.69, 9.17) is 0 Å². The second-order valence-corrected chi connectivity index (χ2v) is 5.34. The van der Waals surface area contributed by atoms with E-state index in [0.29, 0.717) is 0 Å². The Morgan fingerprint density at radius 2 is 2.33 bits per heavy atom. The van der Waals surface area contributed by atoms with E-state index < -0.39 is 0 Å². The van der Waals surface area contributed by atoms with Crippen molar-refractivity contribution in [3.05, 3.63) is 33.7 Å². The SMILES string of the molecule is Cc1cc(=O)c(C(=O)N2CCCCC2CBr)c[nH]1. The van der Waals surface area contributed by atoms with Crippen molar-refractivity contribution >= 4 is 21.8 Å². The zero-order chi connectivity index (χ0) is 13.1. The Hall–Kier alpha value is -1.10. The van der Waals surface area contributed by atoms with E-state index in [1.165, 1.54) is 12.3 Å². The van der Waals surface area contributed by atoms with Gasteiger partial charge in [-0.15, -0.1) is 0 Å². The number of carbonyl (C=O) groups is 1. The number of nitrogens with one attached hydrogen (secondary N) is 1. The first kappa shape index (κ1) is 13.3. The molecule has 1 unspecified atom stereocenters. The summed E-state index contributed by atoms with van der Waals surface area (Å²) in [5.41, 5.74) is 0.816. The van der Waals surface area contributed by atoms with Crippen LogP contribution in [0.4, 0.5) is 0 Å². The van der Waals surface area contributed by atoms with Gasteiger partial charge in [0.25, 0.3) is 5.91 Å². The van der Waals surface area contributed by atoms with Crippen LogP contribution < -0.4 is 5.43 Å². The summed E-state index contributed by atoms with van der Waals surface area (Å²) in [6.07, 6.45) is 4.68. The molecular formula is C13H17BrN2O2. The minimum atomic E-state index is -0.199. The smallest absolute Gasteiger partial charge is 0.259 e. The van der Waals surface area contributed by atoms with Crippen LogP contribution in [-0.4, -0.2) is 33.7 Å². The Morgan fingerprint density at radius 1 is 1.56 bits per heavy atom. The highest BCUT2D eigenvalue weighted by Gasteiger charge is 2.27. The molecular weight excluding hydrogens is 296 g/mol. The van der Waals surface area contributed by atoms with Crippen molar-refractivity contribution in [2.24, 2.45) is 0 Å². The van der Waals surface area contributed by atoms with Gasteiger partial charge in [-0.25, -0.2) is 0 Å². The molecule has 0 saturated carbocycles. The third kappa shape index (κ3) is 2.66. The van der Waals surface area contributed by atoms with E-state index in [9.17, 15) is 9.59 Å². The predicted octanol–water partition coefficient (Wildman–Crippen LogP) is 2.07. The Morgan fingerprint density at radius 3 is 3.00 bits per heavy atom. The van der Waals surface area contributed by atoms with Crippen LogP contribution in [0.15, 0.2) is 17.1 Å². The van der Waals surface area contributed by atoms with Crippen molar-refractivity contribution in [2.45, 2.75) is 32.2 Å². The van der Waals surface area contributed by atoms with Crippen LogP contribution in [0.1, 0.15) is 35.3 Å². The molecule has 1 aromatic rings. The highest BCUT2D eigenvalue weighted by molar-refractivity contribution is 9.09. The van der Waals surface area contributed by atoms with Gasteiger partial charge < -0.3 is 9.88 Å². The second kappa shape index (κ2) is 5.69. The summed E-state index contributed by atoms with van der Waals surface area (Å²) in [5, 5.41) is 0.766. The maximum Gasteiger partial charge on any atom is 0.259 e. The van der Waals surface area contributed by atoms with E-state index in [1.807, 2.05) is 4.90 Å². The lowest BCUT2D eigenvalue weighted by Gasteiger charge is -2.34. The van der Waals surface area contributed by atoms with Gasteiger partial charge in [0.15, 0.2) is 5.43 Å². The monoisotopic (exact) mass is 312 g/mol. The lowest BCUT2D eigenvalue weighted by molar-refractivity contribution is 0.0640. The molecule has 2 heterocycles. The Labute approximate surface area is 115 Å². The number of likely N-dealkylation sites (tertiary alicyclic amines) is 1. The summed E-state index contributed by atoms with van der Waals surface area (Å²) in [6.45, 7) is 2.54. The average Bonchev–Trinajstić information content (AvgIpc) is 2.38. The molecule has 4 nitrogen and oxygen atoms in total. The Kier molecular flexibility index (Phi) is 4.22. The number of H-pyrrole nitrogens is 1. The normalized spacial score (nSPS) is 19.9. The number of alkyl halides is 1. The number of hydrogen-bond acceptors (Lipinski definition) is 2. The van der Waals surface area contributed by atoms with Crippen molar-refractivity contribution < 1.29 is 4.79 Å². The van der Waals surface area contributed by atoms with Gasteiger partial charge in [0.1, 0.15) is 5.56 Å². The van der Waals surface area contributed by atoms with E-state index in [0.717, 1.165) is 36.8 Å². The van der Waals surface area contributed by atoms with Crippen LogP contribution in [0.2, 0.25) is 0 Å². The molecule has 18 heavy (non-hydrogen) atoms. The van der Waals surface area contributed by atoms with Gasteiger partial charge in [0, 0.05) is 35.9 Å². The summed E-state index contributed by atoms with van der Waals surface area (Å²) < 4.78 is 0. The molecule has 98 valence electrons. The first-order chi connectivity index (χ1) is 8.63. The topological polar surface area (TPSA) is 53.2 Å². The molecule has 2 rings (SSSR count). The molecule has 1 aliphatic rings. The highest BCUT2D eigenvalue weighted by atomic mass is 79.9. The van der Waals surface area contributed by atoms with Gasteiger partial charge >= 0.3 is 0 Å².